The van der Waals surface area contributed by atoms with Crippen LogP contribution in [0.5, 0.6) is 5.75 Å². The summed E-state index contributed by atoms with van der Waals surface area (Å²) >= 11 is 0. The predicted octanol–water partition coefficient (Wildman–Crippen LogP) is 3.55. The molecule has 0 atom stereocenters. The zero-order valence-electron chi connectivity index (χ0n) is 13.1. The van der Waals surface area contributed by atoms with E-state index >= 15 is 0 Å². The summed E-state index contributed by atoms with van der Waals surface area (Å²) in [7, 11) is 0. The first-order chi connectivity index (χ1) is 10.6. The normalized spacial score (nSPS) is 10.3. The first-order valence-electron chi connectivity index (χ1n) is 7.46. The highest BCUT2D eigenvalue weighted by Crippen LogP contribution is 2.18. The SMILES string of the molecule is CCc1ccc(OCCC(=O)Nc2cc(N)ccc2C)cc1. The summed E-state index contributed by atoms with van der Waals surface area (Å²) in [6.07, 6.45) is 1.30. The topological polar surface area (TPSA) is 64.3 Å². The van der Waals surface area contributed by atoms with Crippen LogP contribution in [0.15, 0.2) is 42.5 Å². The smallest absolute Gasteiger partial charge is 0.227 e. The Balaban J connectivity index is 1.81. The van der Waals surface area contributed by atoms with Crippen LogP contribution in [0.4, 0.5) is 11.4 Å². The lowest BCUT2D eigenvalue weighted by Gasteiger charge is -2.10. The van der Waals surface area contributed by atoms with Crippen molar-refractivity contribution in [2.75, 3.05) is 17.7 Å². The number of rotatable bonds is 6. The number of hydrogen-bond donors (Lipinski definition) is 2. The van der Waals surface area contributed by atoms with Crippen LogP contribution >= 0.6 is 0 Å². The minimum absolute atomic E-state index is 0.0844. The summed E-state index contributed by atoms with van der Waals surface area (Å²) in [5.41, 5.74) is 9.36. The van der Waals surface area contributed by atoms with Gasteiger partial charge in [-0.15, -0.1) is 0 Å². The molecule has 2 aromatic rings. The van der Waals surface area contributed by atoms with E-state index in [2.05, 4.69) is 12.2 Å². The van der Waals surface area contributed by atoms with Crippen LogP contribution in [0.1, 0.15) is 24.5 Å². The maximum atomic E-state index is 11.9. The Bertz CT molecular complexity index is 636. The minimum atomic E-state index is -0.0844. The third kappa shape index (κ3) is 4.52. The first-order valence-corrected chi connectivity index (χ1v) is 7.46. The lowest BCUT2D eigenvalue weighted by Crippen LogP contribution is -2.16. The molecule has 0 unspecified atom stereocenters. The van der Waals surface area contributed by atoms with Gasteiger partial charge in [0, 0.05) is 11.4 Å². The number of aryl methyl sites for hydroxylation is 2. The molecular weight excluding hydrogens is 276 g/mol. The maximum Gasteiger partial charge on any atom is 0.227 e. The molecule has 0 aromatic heterocycles. The highest BCUT2D eigenvalue weighted by atomic mass is 16.5. The fourth-order valence-corrected chi connectivity index (χ4v) is 2.07. The van der Waals surface area contributed by atoms with Gasteiger partial charge in [-0.3, -0.25) is 4.79 Å². The van der Waals surface area contributed by atoms with Gasteiger partial charge in [0.15, 0.2) is 0 Å². The fraction of sp³-hybridized carbons (Fsp3) is 0.278. The number of hydrogen-bond acceptors (Lipinski definition) is 3. The number of nitrogen functional groups attached to an aromatic ring is 1. The highest BCUT2D eigenvalue weighted by Gasteiger charge is 2.06. The van der Waals surface area contributed by atoms with Crippen molar-refractivity contribution >= 4 is 17.3 Å². The van der Waals surface area contributed by atoms with Crippen molar-refractivity contribution in [3.63, 3.8) is 0 Å². The van der Waals surface area contributed by atoms with Crippen molar-refractivity contribution in [1.29, 1.82) is 0 Å². The van der Waals surface area contributed by atoms with Crippen LogP contribution in [0.2, 0.25) is 0 Å². The highest BCUT2D eigenvalue weighted by molar-refractivity contribution is 5.92. The second-order valence-corrected chi connectivity index (χ2v) is 5.22. The lowest BCUT2D eigenvalue weighted by molar-refractivity contribution is -0.116. The fourth-order valence-electron chi connectivity index (χ4n) is 2.07. The number of amides is 1. The number of anilines is 2. The molecule has 2 rings (SSSR count). The molecule has 0 spiro atoms. The summed E-state index contributed by atoms with van der Waals surface area (Å²) in [5, 5.41) is 2.86. The molecule has 22 heavy (non-hydrogen) atoms. The average molecular weight is 298 g/mol. The summed E-state index contributed by atoms with van der Waals surface area (Å²) in [6, 6.07) is 13.4. The molecule has 0 aliphatic heterocycles. The van der Waals surface area contributed by atoms with Crippen molar-refractivity contribution in [3.05, 3.63) is 53.6 Å². The molecule has 0 saturated heterocycles. The van der Waals surface area contributed by atoms with Gasteiger partial charge in [0.2, 0.25) is 5.91 Å². The first kappa shape index (κ1) is 15.9. The Kier molecular flexibility index (Phi) is 5.42. The molecule has 0 aliphatic carbocycles. The van der Waals surface area contributed by atoms with Crippen LogP contribution in [0.25, 0.3) is 0 Å². The lowest BCUT2D eigenvalue weighted by atomic mass is 10.2. The Morgan fingerprint density at radius 1 is 1.18 bits per heavy atom. The molecule has 0 saturated carbocycles. The Morgan fingerprint density at radius 3 is 2.59 bits per heavy atom. The van der Waals surface area contributed by atoms with Crippen LogP contribution in [-0.2, 0) is 11.2 Å². The van der Waals surface area contributed by atoms with E-state index in [1.807, 2.05) is 43.3 Å². The monoisotopic (exact) mass is 298 g/mol. The molecule has 0 fully saturated rings. The zero-order valence-corrected chi connectivity index (χ0v) is 13.1. The van der Waals surface area contributed by atoms with E-state index in [0.29, 0.717) is 18.7 Å². The molecule has 1 amide bonds. The molecule has 0 radical (unpaired) electrons. The number of nitrogens with one attached hydrogen (secondary N) is 1. The molecule has 4 heteroatoms. The number of nitrogens with two attached hydrogens (primary N) is 1. The molecule has 116 valence electrons. The van der Waals surface area contributed by atoms with E-state index in [0.717, 1.165) is 23.4 Å². The Hall–Kier alpha value is -2.49. The van der Waals surface area contributed by atoms with Crippen LogP contribution in [-0.4, -0.2) is 12.5 Å². The minimum Gasteiger partial charge on any atom is -0.493 e. The summed E-state index contributed by atoms with van der Waals surface area (Å²) < 4.78 is 5.58. The van der Waals surface area contributed by atoms with E-state index in [9.17, 15) is 4.79 Å². The van der Waals surface area contributed by atoms with Gasteiger partial charge in [-0.2, -0.15) is 0 Å². The van der Waals surface area contributed by atoms with E-state index < -0.39 is 0 Å². The van der Waals surface area contributed by atoms with Crippen LogP contribution in [0.3, 0.4) is 0 Å². The van der Waals surface area contributed by atoms with Gasteiger partial charge in [0.1, 0.15) is 5.75 Å². The van der Waals surface area contributed by atoms with Gasteiger partial charge in [-0.25, -0.2) is 0 Å². The van der Waals surface area contributed by atoms with E-state index in [4.69, 9.17) is 10.5 Å². The van der Waals surface area contributed by atoms with Crippen molar-refractivity contribution < 1.29 is 9.53 Å². The molecule has 4 nitrogen and oxygen atoms in total. The standard InChI is InChI=1S/C18H22N2O2/c1-3-14-5-8-16(9-6-14)22-11-10-18(21)20-17-12-15(19)7-4-13(17)2/h4-9,12H,3,10-11,19H2,1-2H3,(H,20,21). The summed E-state index contributed by atoms with van der Waals surface area (Å²) in [6.45, 7) is 4.39. The van der Waals surface area contributed by atoms with E-state index in [1.54, 1.807) is 6.07 Å². The van der Waals surface area contributed by atoms with Gasteiger partial charge in [0.25, 0.3) is 0 Å². The number of ether oxygens (including phenoxy) is 1. The number of benzene rings is 2. The summed E-state index contributed by atoms with van der Waals surface area (Å²) in [4.78, 5) is 11.9. The summed E-state index contributed by atoms with van der Waals surface area (Å²) in [5.74, 6) is 0.698. The Morgan fingerprint density at radius 2 is 1.91 bits per heavy atom. The van der Waals surface area contributed by atoms with Crippen molar-refractivity contribution in [2.45, 2.75) is 26.7 Å². The van der Waals surface area contributed by atoms with Gasteiger partial charge in [-0.05, 0) is 48.7 Å². The van der Waals surface area contributed by atoms with E-state index in [-0.39, 0.29) is 5.91 Å². The third-order valence-electron chi connectivity index (χ3n) is 3.47. The molecule has 0 aliphatic rings. The average Bonchev–Trinajstić information content (AvgIpc) is 2.51. The third-order valence-corrected chi connectivity index (χ3v) is 3.47. The van der Waals surface area contributed by atoms with Gasteiger partial charge in [-0.1, -0.05) is 25.1 Å². The number of carbonyl (C=O) groups is 1. The molecule has 0 heterocycles. The predicted molar refractivity (Wildman–Crippen MR) is 90.2 cm³/mol. The van der Waals surface area contributed by atoms with Crippen molar-refractivity contribution in [1.82, 2.24) is 0 Å². The maximum absolute atomic E-state index is 11.9. The molecule has 2 aromatic carbocycles. The van der Waals surface area contributed by atoms with Crippen LogP contribution in [0, 0.1) is 6.92 Å². The zero-order chi connectivity index (χ0) is 15.9. The molecular formula is C18H22N2O2. The number of carbonyl (C=O) groups excluding carboxylic acids is 1. The molecule has 3 N–H and O–H groups in total. The van der Waals surface area contributed by atoms with E-state index in [1.165, 1.54) is 5.56 Å². The quantitative estimate of drug-likeness (QED) is 0.802. The van der Waals surface area contributed by atoms with Crippen LogP contribution < -0.4 is 15.8 Å². The Labute approximate surface area is 131 Å². The van der Waals surface area contributed by atoms with Crippen molar-refractivity contribution in [2.24, 2.45) is 0 Å². The largest absolute Gasteiger partial charge is 0.493 e. The van der Waals surface area contributed by atoms with Crippen molar-refractivity contribution in [3.8, 4) is 5.75 Å². The van der Waals surface area contributed by atoms with Gasteiger partial charge >= 0.3 is 0 Å². The molecule has 0 bridgehead atoms. The van der Waals surface area contributed by atoms with Gasteiger partial charge in [0.05, 0.1) is 13.0 Å². The van der Waals surface area contributed by atoms with Gasteiger partial charge < -0.3 is 15.8 Å². The second kappa shape index (κ2) is 7.50. The second-order valence-electron chi connectivity index (χ2n) is 5.22.